The largest absolute Gasteiger partial charge is 0.340 e. The zero-order valence-corrected chi connectivity index (χ0v) is 11.4. The second-order valence-corrected chi connectivity index (χ2v) is 6.21. The molecule has 3 nitrogen and oxygen atoms in total. The summed E-state index contributed by atoms with van der Waals surface area (Å²) in [5.74, 6) is 0.0271. The fourth-order valence-corrected chi connectivity index (χ4v) is 2.52. The number of likely N-dealkylation sites (tertiary alicyclic amines) is 1. The second-order valence-electron chi connectivity index (χ2n) is 6.21. The van der Waals surface area contributed by atoms with Gasteiger partial charge in [0.05, 0.1) is 0 Å². The fraction of sp³-hybridized carbons (Fsp3) is 0.533. The van der Waals surface area contributed by atoms with E-state index in [0.717, 1.165) is 25.1 Å². The molecule has 98 valence electrons. The number of amides is 1. The molecule has 2 rings (SSSR count). The van der Waals surface area contributed by atoms with Gasteiger partial charge in [0, 0.05) is 13.1 Å². The topological polar surface area (TPSA) is 46.3 Å². The maximum absolute atomic E-state index is 12.6. The van der Waals surface area contributed by atoms with E-state index in [2.05, 4.69) is 13.8 Å². The van der Waals surface area contributed by atoms with E-state index in [1.54, 1.807) is 6.92 Å². The van der Waals surface area contributed by atoms with E-state index in [1.165, 1.54) is 0 Å². The van der Waals surface area contributed by atoms with Gasteiger partial charge in [-0.3, -0.25) is 4.79 Å². The Balaban J connectivity index is 2.19. The number of carbonyl (C=O) groups excluding carboxylic acids is 1. The molecule has 0 radical (unpaired) electrons. The van der Waals surface area contributed by atoms with Crippen molar-refractivity contribution < 1.29 is 4.79 Å². The molecule has 1 heterocycles. The monoisotopic (exact) mass is 246 g/mol. The lowest BCUT2D eigenvalue weighted by Gasteiger charge is -2.30. The average molecular weight is 246 g/mol. The van der Waals surface area contributed by atoms with Crippen molar-refractivity contribution in [3.8, 4) is 0 Å². The molecular formula is C15H22N2O. The normalized spacial score (nSPS) is 21.7. The van der Waals surface area contributed by atoms with Crippen LogP contribution in [-0.4, -0.2) is 23.9 Å². The number of benzene rings is 1. The number of nitrogens with two attached hydrogens (primary N) is 1. The summed E-state index contributed by atoms with van der Waals surface area (Å²) in [6.07, 6.45) is 1.05. The van der Waals surface area contributed by atoms with E-state index in [1.807, 2.05) is 35.2 Å². The highest BCUT2D eigenvalue weighted by Gasteiger charge is 2.39. The van der Waals surface area contributed by atoms with Crippen LogP contribution in [0.15, 0.2) is 30.3 Å². The Kier molecular flexibility index (Phi) is 3.20. The highest BCUT2D eigenvalue weighted by atomic mass is 16.2. The predicted octanol–water partition coefficient (Wildman–Crippen LogP) is 2.12. The van der Waals surface area contributed by atoms with Crippen LogP contribution in [0.3, 0.4) is 0 Å². The number of nitrogens with zero attached hydrogens (tertiary/aromatic N) is 1. The quantitative estimate of drug-likeness (QED) is 0.869. The van der Waals surface area contributed by atoms with Crippen LogP contribution in [0.25, 0.3) is 0 Å². The summed E-state index contributed by atoms with van der Waals surface area (Å²) in [4.78, 5) is 14.5. The van der Waals surface area contributed by atoms with E-state index in [0.29, 0.717) is 0 Å². The molecule has 1 saturated heterocycles. The number of hydrogen-bond donors (Lipinski definition) is 1. The molecule has 1 amide bonds. The summed E-state index contributed by atoms with van der Waals surface area (Å²) in [6.45, 7) is 7.79. The molecule has 1 aromatic carbocycles. The third-order valence-corrected chi connectivity index (χ3v) is 3.78. The Morgan fingerprint density at radius 2 is 1.94 bits per heavy atom. The van der Waals surface area contributed by atoms with E-state index in [9.17, 15) is 4.79 Å². The van der Waals surface area contributed by atoms with Crippen molar-refractivity contribution in [2.45, 2.75) is 32.7 Å². The molecule has 0 bridgehead atoms. The van der Waals surface area contributed by atoms with Crippen LogP contribution < -0.4 is 5.73 Å². The lowest BCUT2D eigenvalue weighted by molar-refractivity contribution is -0.136. The van der Waals surface area contributed by atoms with Crippen molar-refractivity contribution in [3.63, 3.8) is 0 Å². The van der Waals surface area contributed by atoms with Gasteiger partial charge in [-0.1, -0.05) is 44.2 Å². The molecule has 2 N–H and O–H groups in total. The molecule has 1 fully saturated rings. The molecule has 1 atom stereocenters. The Labute approximate surface area is 109 Å². The summed E-state index contributed by atoms with van der Waals surface area (Å²) in [5, 5.41) is 0. The maximum Gasteiger partial charge on any atom is 0.246 e. The van der Waals surface area contributed by atoms with Crippen LogP contribution in [0.1, 0.15) is 32.8 Å². The van der Waals surface area contributed by atoms with Crippen molar-refractivity contribution in [2.75, 3.05) is 13.1 Å². The van der Waals surface area contributed by atoms with Crippen LogP contribution in [0.4, 0.5) is 0 Å². The molecule has 0 saturated carbocycles. The van der Waals surface area contributed by atoms with Crippen LogP contribution in [-0.2, 0) is 10.3 Å². The highest BCUT2D eigenvalue weighted by Crippen LogP contribution is 2.31. The average Bonchev–Trinajstić information content (AvgIpc) is 2.69. The second kappa shape index (κ2) is 4.39. The van der Waals surface area contributed by atoms with Crippen molar-refractivity contribution in [1.82, 2.24) is 4.90 Å². The van der Waals surface area contributed by atoms with Crippen LogP contribution in [0.5, 0.6) is 0 Å². The number of rotatable bonds is 2. The van der Waals surface area contributed by atoms with E-state index >= 15 is 0 Å². The molecule has 0 spiro atoms. The summed E-state index contributed by atoms with van der Waals surface area (Å²) >= 11 is 0. The SMILES string of the molecule is CC1(C)CCN(C(=O)C(C)(N)c2ccccc2)C1. The van der Waals surface area contributed by atoms with Gasteiger partial charge in [0.1, 0.15) is 5.54 Å². The van der Waals surface area contributed by atoms with Gasteiger partial charge >= 0.3 is 0 Å². The molecule has 18 heavy (non-hydrogen) atoms. The van der Waals surface area contributed by atoms with E-state index in [-0.39, 0.29) is 11.3 Å². The highest BCUT2D eigenvalue weighted by molar-refractivity contribution is 5.87. The minimum atomic E-state index is -0.929. The van der Waals surface area contributed by atoms with Crippen molar-refractivity contribution in [2.24, 2.45) is 11.1 Å². The van der Waals surface area contributed by atoms with E-state index < -0.39 is 5.54 Å². The van der Waals surface area contributed by atoms with Crippen molar-refractivity contribution >= 4 is 5.91 Å². The molecule has 1 aliphatic rings. The molecule has 1 aliphatic heterocycles. The first-order valence-electron chi connectivity index (χ1n) is 6.47. The lowest BCUT2D eigenvalue weighted by Crippen LogP contribution is -2.50. The molecular weight excluding hydrogens is 224 g/mol. The summed E-state index contributed by atoms with van der Waals surface area (Å²) in [7, 11) is 0. The van der Waals surface area contributed by atoms with Gasteiger partial charge in [0.15, 0.2) is 0 Å². The molecule has 1 aromatic rings. The zero-order valence-electron chi connectivity index (χ0n) is 11.4. The van der Waals surface area contributed by atoms with Crippen LogP contribution >= 0.6 is 0 Å². The maximum atomic E-state index is 12.6. The predicted molar refractivity (Wildman–Crippen MR) is 73.0 cm³/mol. The van der Waals surface area contributed by atoms with Gasteiger partial charge in [-0.25, -0.2) is 0 Å². The molecule has 0 aliphatic carbocycles. The van der Waals surface area contributed by atoms with Crippen LogP contribution in [0, 0.1) is 5.41 Å². The molecule has 1 unspecified atom stereocenters. The minimum Gasteiger partial charge on any atom is -0.340 e. The summed E-state index contributed by atoms with van der Waals surface area (Å²) in [6, 6.07) is 9.60. The third kappa shape index (κ3) is 2.41. The van der Waals surface area contributed by atoms with Gasteiger partial charge in [0.25, 0.3) is 0 Å². The molecule has 0 aromatic heterocycles. The Bertz CT molecular complexity index is 437. The van der Waals surface area contributed by atoms with Crippen molar-refractivity contribution in [3.05, 3.63) is 35.9 Å². The number of hydrogen-bond acceptors (Lipinski definition) is 2. The fourth-order valence-electron chi connectivity index (χ4n) is 2.52. The summed E-state index contributed by atoms with van der Waals surface area (Å²) in [5.41, 5.74) is 6.42. The van der Waals surface area contributed by atoms with Gasteiger partial charge in [-0.15, -0.1) is 0 Å². The van der Waals surface area contributed by atoms with Crippen LogP contribution in [0.2, 0.25) is 0 Å². The van der Waals surface area contributed by atoms with Crippen molar-refractivity contribution in [1.29, 1.82) is 0 Å². The zero-order chi connectivity index (χ0) is 13.4. The first-order valence-corrected chi connectivity index (χ1v) is 6.47. The Hall–Kier alpha value is -1.35. The first-order chi connectivity index (χ1) is 8.33. The van der Waals surface area contributed by atoms with Gasteiger partial charge in [-0.2, -0.15) is 0 Å². The van der Waals surface area contributed by atoms with Gasteiger partial charge in [-0.05, 0) is 24.3 Å². The Morgan fingerprint density at radius 3 is 2.44 bits per heavy atom. The minimum absolute atomic E-state index is 0.0271. The standard InChI is InChI=1S/C15H22N2O/c1-14(2)9-10-17(11-14)13(18)15(3,16)12-7-5-4-6-8-12/h4-8H,9-11,16H2,1-3H3. The van der Waals surface area contributed by atoms with Gasteiger partial charge in [0.2, 0.25) is 5.91 Å². The van der Waals surface area contributed by atoms with Gasteiger partial charge < -0.3 is 10.6 Å². The summed E-state index contributed by atoms with van der Waals surface area (Å²) < 4.78 is 0. The lowest BCUT2D eigenvalue weighted by atomic mass is 9.91. The Morgan fingerprint density at radius 1 is 1.33 bits per heavy atom. The first kappa shape index (κ1) is 13.1. The molecule has 3 heteroatoms. The smallest absolute Gasteiger partial charge is 0.246 e. The third-order valence-electron chi connectivity index (χ3n) is 3.78. The number of carbonyl (C=O) groups is 1. The van der Waals surface area contributed by atoms with E-state index in [4.69, 9.17) is 5.73 Å².